The number of nitrogens with zero attached hydrogens (tertiary/aromatic N) is 1. The van der Waals surface area contributed by atoms with Gasteiger partial charge in [-0.25, -0.2) is 5.06 Å². The Kier molecular flexibility index (Phi) is 3.87. The molecule has 0 bridgehead atoms. The third-order valence-electron chi connectivity index (χ3n) is 3.97. The Morgan fingerprint density at radius 3 is 2.73 bits per heavy atom. The summed E-state index contributed by atoms with van der Waals surface area (Å²) in [5, 5.41) is 4.71. The highest BCUT2D eigenvalue weighted by atomic mass is 35.5. The second kappa shape index (κ2) is 5.56. The van der Waals surface area contributed by atoms with Gasteiger partial charge in [0, 0.05) is 16.6 Å². The SMILES string of the molecule is CC1(C)CON(Cc2ccc(NC(=O)C3CC3)cc2Cl)C1=O. The maximum atomic E-state index is 12.1. The summed E-state index contributed by atoms with van der Waals surface area (Å²) in [5.41, 5.74) is 0.974. The number of halogens is 1. The number of hydrogen-bond donors (Lipinski definition) is 1. The smallest absolute Gasteiger partial charge is 0.254 e. The van der Waals surface area contributed by atoms with Crippen LogP contribution in [0.15, 0.2) is 18.2 Å². The minimum atomic E-state index is -0.495. The van der Waals surface area contributed by atoms with E-state index in [1.165, 1.54) is 5.06 Å². The number of carbonyl (C=O) groups is 2. The van der Waals surface area contributed by atoms with Gasteiger partial charge in [-0.1, -0.05) is 17.7 Å². The van der Waals surface area contributed by atoms with Crippen LogP contribution >= 0.6 is 11.6 Å². The number of carbonyl (C=O) groups excluding carboxylic acids is 2. The van der Waals surface area contributed by atoms with Crippen LogP contribution in [0, 0.1) is 11.3 Å². The molecule has 2 fully saturated rings. The fraction of sp³-hybridized carbons (Fsp3) is 0.500. The predicted molar refractivity (Wildman–Crippen MR) is 83.1 cm³/mol. The lowest BCUT2D eigenvalue weighted by Crippen LogP contribution is -2.30. The first-order chi connectivity index (χ1) is 10.4. The van der Waals surface area contributed by atoms with Crippen LogP contribution in [0.4, 0.5) is 5.69 Å². The molecule has 0 unspecified atom stereocenters. The van der Waals surface area contributed by atoms with Crippen LogP contribution in [0.3, 0.4) is 0 Å². The zero-order valence-electron chi connectivity index (χ0n) is 12.7. The molecule has 0 spiro atoms. The summed E-state index contributed by atoms with van der Waals surface area (Å²) in [6.07, 6.45) is 1.92. The molecule has 5 nitrogen and oxygen atoms in total. The fourth-order valence-electron chi connectivity index (χ4n) is 2.31. The van der Waals surface area contributed by atoms with E-state index >= 15 is 0 Å². The van der Waals surface area contributed by atoms with Gasteiger partial charge in [0.05, 0.1) is 18.6 Å². The predicted octanol–water partition coefficient (Wildman–Crippen LogP) is 2.99. The van der Waals surface area contributed by atoms with Gasteiger partial charge in [-0.2, -0.15) is 0 Å². The van der Waals surface area contributed by atoms with Crippen molar-refractivity contribution in [3.8, 4) is 0 Å². The van der Waals surface area contributed by atoms with E-state index in [0.717, 1.165) is 18.4 Å². The zero-order valence-corrected chi connectivity index (χ0v) is 13.4. The van der Waals surface area contributed by atoms with E-state index in [1.54, 1.807) is 12.1 Å². The lowest BCUT2D eigenvalue weighted by Gasteiger charge is -2.17. The molecule has 1 aliphatic carbocycles. The third-order valence-corrected chi connectivity index (χ3v) is 4.32. The molecule has 6 heteroatoms. The van der Waals surface area contributed by atoms with Crippen LogP contribution in [-0.2, 0) is 21.0 Å². The van der Waals surface area contributed by atoms with Gasteiger partial charge >= 0.3 is 0 Å². The van der Waals surface area contributed by atoms with Crippen molar-refractivity contribution < 1.29 is 14.4 Å². The number of nitrogens with one attached hydrogen (secondary N) is 1. The largest absolute Gasteiger partial charge is 0.326 e. The van der Waals surface area contributed by atoms with Gasteiger partial charge in [0.15, 0.2) is 0 Å². The summed E-state index contributed by atoms with van der Waals surface area (Å²) >= 11 is 6.26. The molecule has 1 aliphatic heterocycles. The zero-order chi connectivity index (χ0) is 15.9. The van der Waals surface area contributed by atoms with Gasteiger partial charge in [-0.3, -0.25) is 14.4 Å². The van der Waals surface area contributed by atoms with Gasteiger partial charge in [-0.05, 0) is 44.4 Å². The first kappa shape index (κ1) is 15.3. The Hall–Kier alpha value is -1.59. The number of amides is 2. The van der Waals surface area contributed by atoms with Crippen LogP contribution in [0.1, 0.15) is 32.3 Å². The van der Waals surface area contributed by atoms with Crippen molar-refractivity contribution in [3.05, 3.63) is 28.8 Å². The number of benzene rings is 1. The Labute approximate surface area is 134 Å². The molecule has 3 rings (SSSR count). The van der Waals surface area contributed by atoms with Gasteiger partial charge < -0.3 is 5.32 Å². The van der Waals surface area contributed by atoms with Crippen molar-refractivity contribution in [3.63, 3.8) is 0 Å². The Morgan fingerprint density at radius 1 is 1.45 bits per heavy atom. The van der Waals surface area contributed by atoms with Gasteiger partial charge in [-0.15, -0.1) is 0 Å². The van der Waals surface area contributed by atoms with E-state index in [-0.39, 0.29) is 17.7 Å². The molecule has 22 heavy (non-hydrogen) atoms. The van der Waals surface area contributed by atoms with Crippen molar-refractivity contribution >= 4 is 29.1 Å². The van der Waals surface area contributed by atoms with Crippen molar-refractivity contribution in [1.29, 1.82) is 0 Å². The molecule has 2 amide bonds. The highest BCUT2D eigenvalue weighted by Crippen LogP contribution is 2.32. The second-order valence-electron chi connectivity index (χ2n) is 6.57. The number of rotatable bonds is 4. The van der Waals surface area contributed by atoms with Gasteiger partial charge in [0.2, 0.25) is 5.91 Å². The fourth-order valence-corrected chi connectivity index (χ4v) is 2.55. The molecule has 1 heterocycles. The molecule has 1 N–H and O–H groups in total. The summed E-state index contributed by atoms with van der Waals surface area (Å²) in [7, 11) is 0. The van der Waals surface area contributed by atoms with E-state index in [9.17, 15) is 9.59 Å². The third kappa shape index (κ3) is 3.10. The van der Waals surface area contributed by atoms with Crippen molar-refractivity contribution in [2.24, 2.45) is 11.3 Å². The first-order valence-electron chi connectivity index (χ1n) is 7.41. The van der Waals surface area contributed by atoms with Crippen molar-refractivity contribution in [2.75, 3.05) is 11.9 Å². The molecule has 0 aromatic heterocycles. The summed E-state index contributed by atoms with van der Waals surface area (Å²) in [6, 6.07) is 5.32. The van der Waals surface area contributed by atoms with E-state index in [1.807, 2.05) is 19.9 Å². The molecular weight excluding hydrogens is 304 g/mol. The van der Waals surface area contributed by atoms with E-state index in [2.05, 4.69) is 5.32 Å². The van der Waals surface area contributed by atoms with Gasteiger partial charge in [0.1, 0.15) is 0 Å². The topological polar surface area (TPSA) is 58.6 Å². The minimum absolute atomic E-state index is 0.0450. The monoisotopic (exact) mass is 322 g/mol. The summed E-state index contributed by atoms with van der Waals surface area (Å²) in [6.45, 7) is 4.39. The highest BCUT2D eigenvalue weighted by molar-refractivity contribution is 6.31. The maximum absolute atomic E-state index is 12.1. The lowest BCUT2D eigenvalue weighted by molar-refractivity contribution is -0.165. The molecule has 1 aromatic rings. The summed E-state index contributed by atoms with van der Waals surface area (Å²) in [4.78, 5) is 29.3. The van der Waals surface area contributed by atoms with Crippen LogP contribution in [0.5, 0.6) is 0 Å². The Morgan fingerprint density at radius 2 is 2.18 bits per heavy atom. The molecule has 2 aliphatic rings. The lowest BCUT2D eigenvalue weighted by atomic mass is 9.95. The Bertz CT molecular complexity index is 626. The van der Waals surface area contributed by atoms with Crippen molar-refractivity contribution in [2.45, 2.75) is 33.2 Å². The van der Waals surface area contributed by atoms with Crippen molar-refractivity contribution in [1.82, 2.24) is 5.06 Å². The standard InChI is InChI=1S/C16H19ClN2O3/c1-16(2)9-22-19(15(16)21)8-11-5-6-12(7-13(11)17)18-14(20)10-3-4-10/h5-7,10H,3-4,8-9H2,1-2H3,(H,18,20). The quantitative estimate of drug-likeness (QED) is 0.927. The molecule has 0 radical (unpaired) electrons. The molecule has 118 valence electrons. The highest BCUT2D eigenvalue weighted by Gasteiger charge is 2.40. The minimum Gasteiger partial charge on any atom is -0.326 e. The van der Waals surface area contributed by atoms with Crippen LogP contribution < -0.4 is 5.32 Å². The summed E-state index contributed by atoms with van der Waals surface area (Å²) < 4.78 is 0. The average molecular weight is 323 g/mol. The Balaban J connectivity index is 1.67. The van der Waals surface area contributed by atoms with E-state index in [4.69, 9.17) is 16.4 Å². The summed E-state index contributed by atoms with van der Waals surface area (Å²) in [5.74, 6) is 0.148. The number of hydrogen-bond acceptors (Lipinski definition) is 3. The molecule has 1 saturated heterocycles. The second-order valence-corrected chi connectivity index (χ2v) is 6.98. The number of hydroxylamine groups is 2. The average Bonchev–Trinajstić information content (AvgIpc) is 3.25. The van der Waals surface area contributed by atoms with E-state index < -0.39 is 5.41 Å². The van der Waals surface area contributed by atoms with Gasteiger partial charge in [0.25, 0.3) is 5.91 Å². The number of anilines is 1. The molecular formula is C16H19ClN2O3. The molecule has 0 atom stereocenters. The maximum Gasteiger partial charge on any atom is 0.254 e. The first-order valence-corrected chi connectivity index (χ1v) is 7.79. The molecule has 1 saturated carbocycles. The molecule has 1 aromatic carbocycles. The van der Waals surface area contributed by atoms with E-state index in [0.29, 0.717) is 23.9 Å². The van der Waals surface area contributed by atoms with Crippen LogP contribution in [0.2, 0.25) is 5.02 Å². The van der Waals surface area contributed by atoms with Crippen LogP contribution in [0.25, 0.3) is 0 Å². The van der Waals surface area contributed by atoms with Crippen LogP contribution in [-0.4, -0.2) is 23.5 Å². The normalized spacial score (nSPS) is 20.3.